The van der Waals surface area contributed by atoms with Crippen LogP contribution in [0.3, 0.4) is 0 Å². The zero-order chi connectivity index (χ0) is 17.0. The Morgan fingerprint density at radius 1 is 1.13 bits per heavy atom. The van der Waals surface area contributed by atoms with Crippen LogP contribution >= 0.6 is 0 Å². The Hall–Kier alpha value is -2.08. The van der Waals surface area contributed by atoms with Gasteiger partial charge in [0, 0.05) is 0 Å². The van der Waals surface area contributed by atoms with E-state index in [4.69, 9.17) is 4.74 Å². The van der Waals surface area contributed by atoms with Gasteiger partial charge in [0.25, 0.3) is 0 Å². The monoisotopic (exact) mass is 337 g/mol. The third kappa shape index (κ3) is 4.69. The summed E-state index contributed by atoms with van der Waals surface area (Å²) < 4.78 is 45.4. The molecule has 0 unspecified atom stereocenters. The van der Waals surface area contributed by atoms with E-state index in [9.17, 15) is 12.8 Å². The molecule has 0 saturated carbocycles. The summed E-state index contributed by atoms with van der Waals surface area (Å²) in [7, 11) is -2.14. The Kier molecular flexibility index (Phi) is 5.26. The summed E-state index contributed by atoms with van der Waals surface area (Å²) in [6, 6.07) is 10.8. The molecule has 124 valence electrons. The number of hydrogen-bond acceptors (Lipinski definition) is 3. The first-order chi connectivity index (χ1) is 10.8. The maximum absolute atomic E-state index is 12.9. The van der Waals surface area contributed by atoms with Crippen molar-refractivity contribution in [1.29, 1.82) is 0 Å². The van der Waals surface area contributed by atoms with Gasteiger partial charge in [0.15, 0.2) is 0 Å². The Balaban J connectivity index is 2.25. The third-order valence-corrected chi connectivity index (χ3v) is 4.67. The van der Waals surface area contributed by atoms with E-state index < -0.39 is 15.8 Å². The van der Waals surface area contributed by atoms with Crippen molar-refractivity contribution in [2.24, 2.45) is 0 Å². The first-order valence-electron chi connectivity index (χ1n) is 7.23. The maximum Gasteiger partial charge on any atom is 0.237 e. The standard InChI is InChI=1S/C17H20FNO3S/c1-12(2)14-6-9-17(22-3)16(10-14)19-23(20,21)11-13-4-7-15(18)8-5-13/h4-10,12,19H,11H2,1-3H3. The summed E-state index contributed by atoms with van der Waals surface area (Å²) in [5.41, 5.74) is 1.92. The summed E-state index contributed by atoms with van der Waals surface area (Å²) in [5.74, 6) is 0.0891. The van der Waals surface area contributed by atoms with Crippen LogP contribution in [0, 0.1) is 5.82 Å². The van der Waals surface area contributed by atoms with Crippen LogP contribution in [-0.2, 0) is 15.8 Å². The van der Waals surface area contributed by atoms with Crippen molar-refractivity contribution in [3.05, 3.63) is 59.4 Å². The summed E-state index contributed by atoms with van der Waals surface area (Å²) in [5, 5.41) is 0. The fraction of sp³-hybridized carbons (Fsp3) is 0.294. The van der Waals surface area contributed by atoms with Crippen molar-refractivity contribution >= 4 is 15.7 Å². The van der Waals surface area contributed by atoms with Gasteiger partial charge in [0.05, 0.1) is 18.6 Å². The normalized spacial score (nSPS) is 11.5. The van der Waals surface area contributed by atoms with Gasteiger partial charge in [-0.1, -0.05) is 32.0 Å². The van der Waals surface area contributed by atoms with Gasteiger partial charge in [-0.2, -0.15) is 0 Å². The fourth-order valence-electron chi connectivity index (χ4n) is 2.17. The zero-order valence-electron chi connectivity index (χ0n) is 13.3. The highest BCUT2D eigenvalue weighted by atomic mass is 32.2. The van der Waals surface area contributed by atoms with Gasteiger partial charge in [-0.05, 0) is 41.3 Å². The van der Waals surface area contributed by atoms with E-state index in [1.807, 2.05) is 19.9 Å². The molecule has 0 fully saturated rings. The lowest BCUT2D eigenvalue weighted by molar-refractivity contribution is 0.416. The lowest BCUT2D eigenvalue weighted by atomic mass is 10.0. The number of ether oxygens (including phenoxy) is 1. The molecule has 0 amide bonds. The molecule has 0 aliphatic rings. The molecule has 0 bridgehead atoms. The number of halogens is 1. The highest BCUT2D eigenvalue weighted by Crippen LogP contribution is 2.29. The number of methoxy groups -OCH3 is 1. The van der Waals surface area contributed by atoms with Crippen LogP contribution in [0.1, 0.15) is 30.9 Å². The van der Waals surface area contributed by atoms with E-state index in [0.717, 1.165) is 5.56 Å². The first kappa shape index (κ1) is 17.3. The van der Waals surface area contributed by atoms with Crippen LogP contribution in [0.2, 0.25) is 0 Å². The Labute approximate surface area is 136 Å². The van der Waals surface area contributed by atoms with Crippen LogP contribution in [0.15, 0.2) is 42.5 Å². The molecule has 0 aromatic heterocycles. The Morgan fingerprint density at radius 3 is 2.35 bits per heavy atom. The Morgan fingerprint density at radius 2 is 1.78 bits per heavy atom. The number of anilines is 1. The number of rotatable bonds is 6. The van der Waals surface area contributed by atoms with E-state index in [2.05, 4.69) is 4.72 Å². The van der Waals surface area contributed by atoms with Gasteiger partial charge >= 0.3 is 0 Å². The molecule has 2 aromatic carbocycles. The molecule has 2 rings (SSSR count). The summed E-state index contributed by atoms with van der Waals surface area (Å²) in [6.45, 7) is 4.05. The van der Waals surface area contributed by atoms with Gasteiger partial charge in [-0.3, -0.25) is 4.72 Å². The van der Waals surface area contributed by atoms with Crippen molar-refractivity contribution in [2.45, 2.75) is 25.5 Å². The number of benzene rings is 2. The second-order valence-electron chi connectivity index (χ2n) is 5.60. The van der Waals surface area contributed by atoms with Gasteiger partial charge in [0.1, 0.15) is 11.6 Å². The molecule has 23 heavy (non-hydrogen) atoms. The second kappa shape index (κ2) is 7.00. The smallest absolute Gasteiger partial charge is 0.237 e. The molecular formula is C17H20FNO3S. The summed E-state index contributed by atoms with van der Waals surface area (Å²) in [4.78, 5) is 0. The number of hydrogen-bond donors (Lipinski definition) is 1. The third-order valence-electron chi connectivity index (χ3n) is 3.43. The maximum atomic E-state index is 12.9. The molecule has 6 heteroatoms. The van der Waals surface area contributed by atoms with E-state index in [1.54, 1.807) is 12.1 Å². The van der Waals surface area contributed by atoms with Crippen molar-refractivity contribution in [3.8, 4) is 5.75 Å². The Bertz CT molecular complexity index is 771. The van der Waals surface area contributed by atoms with Crippen molar-refractivity contribution in [1.82, 2.24) is 0 Å². The van der Waals surface area contributed by atoms with Crippen LogP contribution in [0.25, 0.3) is 0 Å². The van der Waals surface area contributed by atoms with Crippen LogP contribution in [0.4, 0.5) is 10.1 Å². The predicted octanol–water partition coefficient (Wildman–Crippen LogP) is 3.90. The van der Waals surface area contributed by atoms with Gasteiger partial charge < -0.3 is 4.74 Å². The first-order valence-corrected chi connectivity index (χ1v) is 8.89. The molecule has 0 saturated heterocycles. The van der Waals surface area contributed by atoms with E-state index in [0.29, 0.717) is 17.0 Å². The lowest BCUT2D eigenvalue weighted by Crippen LogP contribution is -2.16. The van der Waals surface area contributed by atoms with Crippen LogP contribution in [-0.4, -0.2) is 15.5 Å². The quantitative estimate of drug-likeness (QED) is 0.870. The van der Waals surface area contributed by atoms with Crippen molar-refractivity contribution < 1.29 is 17.5 Å². The van der Waals surface area contributed by atoms with E-state index >= 15 is 0 Å². The molecule has 0 heterocycles. The molecular weight excluding hydrogens is 317 g/mol. The number of nitrogens with one attached hydrogen (secondary N) is 1. The van der Waals surface area contributed by atoms with Gasteiger partial charge in [-0.25, -0.2) is 12.8 Å². The van der Waals surface area contributed by atoms with E-state index in [1.165, 1.54) is 31.4 Å². The average molecular weight is 337 g/mol. The second-order valence-corrected chi connectivity index (χ2v) is 7.32. The minimum absolute atomic E-state index is 0.234. The number of sulfonamides is 1. The van der Waals surface area contributed by atoms with Gasteiger partial charge in [0.2, 0.25) is 10.0 Å². The van der Waals surface area contributed by atoms with Crippen molar-refractivity contribution in [3.63, 3.8) is 0 Å². The zero-order valence-corrected chi connectivity index (χ0v) is 14.2. The molecule has 2 aromatic rings. The molecule has 0 atom stereocenters. The highest BCUT2D eigenvalue weighted by Gasteiger charge is 2.16. The molecule has 1 N–H and O–H groups in total. The van der Waals surface area contributed by atoms with Gasteiger partial charge in [-0.15, -0.1) is 0 Å². The summed E-state index contributed by atoms with van der Waals surface area (Å²) >= 11 is 0. The van der Waals surface area contributed by atoms with E-state index in [-0.39, 0.29) is 11.7 Å². The van der Waals surface area contributed by atoms with Crippen LogP contribution in [0.5, 0.6) is 5.75 Å². The summed E-state index contributed by atoms with van der Waals surface area (Å²) in [6.07, 6.45) is 0. The molecule has 0 spiro atoms. The average Bonchev–Trinajstić information content (AvgIpc) is 2.48. The minimum atomic E-state index is -3.63. The topological polar surface area (TPSA) is 55.4 Å². The minimum Gasteiger partial charge on any atom is -0.495 e. The molecule has 0 radical (unpaired) electrons. The van der Waals surface area contributed by atoms with Crippen LogP contribution < -0.4 is 9.46 Å². The SMILES string of the molecule is COc1ccc(C(C)C)cc1NS(=O)(=O)Cc1ccc(F)cc1. The molecule has 0 aliphatic carbocycles. The molecule has 4 nitrogen and oxygen atoms in total. The fourth-order valence-corrected chi connectivity index (χ4v) is 3.37. The van der Waals surface area contributed by atoms with Crippen molar-refractivity contribution in [2.75, 3.05) is 11.8 Å². The largest absolute Gasteiger partial charge is 0.495 e. The predicted molar refractivity (Wildman–Crippen MR) is 89.7 cm³/mol. The highest BCUT2D eigenvalue weighted by molar-refractivity contribution is 7.91. The lowest BCUT2D eigenvalue weighted by Gasteiger charge is -2.15. The molecule has 0 aliphatic heterocycles.